The summed E-state index contributed by atoms with van der Waals surface area (Å²) < 4.78 is 6.71. The van der Waals surface area contributed by atoms with Crippen molar-refractivity contribution in [3.63, 3.8) is 0 Å². The van der Waals surface area contributed by atoms with Crippen LogP contribution >= 0.6 is 11.3 Å². The number of hydrogen-bond donors (Lipinski definition) is 1. The van der Waals surface area contributed by atoms with Crippen LogP contribution in [0.5, 0.6) is 5.75 Å². The average molecular weight is 454 g/mol. The Morgan fingerprint density at radius 2 is 2.16 bits per heavy atom. The van der Waals surface area contributed by atoms with Gasteiger partial charge >= 0.3 is 0 Å². The number of methoxy groups -OCH3 is 1. The van der Waals surface area contributed by atoms with Crippen LogP contribution in [0.15, 0.2) is 29.1 Å². The summed E-state index contributed by atoms with van der Waals surface area (Å²) in [5.74, 6) is 0.714. The number of nitrogens with zero attached hydrogens (tertiary/aromatic N) is 4. The first kappa shape index (κ1) is 20.9. The minimum Gasteiger partial charge on any atom is -0.497 e. The second-order valence-electron chi connectivity index (χ2n) is 8.48. The van der Waals surface area contributed by atoms with Crippen LogP contribution in [0.1, 0.15) is 42.5 Å². The summed E-state index contributed by atoms with van der Waals surface area (Å²) >= 11 is 1.44. The Bertz CT molecular complexity index is 1200. The molecule has 1 saturated heterocycles. The molecule has 2 aliphatic rings. The van der Waals surface area contributed by atoms with Crippen LogP contribution in [-0.2, 0) is 24.2 Å². The highest BCUT2D eigenvalue weighted by molar-refractivity contribution is 7.20. The Kier molecular flexibility index (Phi) is 5.82. The van der Waals surface area contributed by atoms with Gasteiger partial charge in [0.2, 0.25) is 16.0 Å². The van der Waals surface area contributed by atoms with Gasteiger partial charge in [0.05, 0.1) is 18.7 Å². The fraction of sp³-hybridized carbons (Fsp3) is 0.478. The molecule has 8 nitrogen and oxygen atoms in total. The molecule has 0 bridgehead atoms. The molecule has 1 N–H and O–H groups in total. The molecule has 1 aromatic carbocycles. The Morgan fingerprint density at radius 1 is 1.28 bits per heavy atom. The van der Waals surface area contributed by atoms with Gasteiger partial charge in [-0.1, -0.05) is 23.5 Å². The molecule has 1 aliphatic carbocycles. The fourth-order valence-corrected chi connectivity index (χ4v) is 5.52. The van der Waals surface area contributed by atoms with Crippen LogP contribution in [0.3, 0.4) is 0 Å². The van der Waals surface area contributed by atoms with Crippen LogP contribution in [0, 0.1) is 5.92 Å². The maximum Gasteiger partial charge on any atom is 0.278 e. The number of benzene rings is 1. The molecule has 32 heavy (non-hydrogen) atoms. The van der Waals surface area contributed by atoms with E-state index in [9.17, 15) is 9.59 Å². The first-order chi connectivity index (χ1) is 15.6. The van der Waals surface area contributed by atoms with Gasteiger partial charge in [0.15, 0.2) is 0 Å². The Morgan fingerprint density at radius 3 is 3.03 bits per heavy atom. The molecule has 5 rings (SSSR count). The van der Waals surface area contributed by atoms with Crippen molar-refractivity contribution in [3.8, 4) is 5.75 Å². The van der Waals surface area contributed by atoms with E-state index in [1.807, 2.05) is 24.3 Å². The second-order valence-corrected chi connectivity index (χ2v) is 9.42. The summed E-state index contributed by atoms with van der Waals surface area (Å²) in [6.07, 6.45) is 5.53. The molecule has 1 amide bonds. The van der Waals surface area contributed by atoms with Crippen molar-refractivity contribution in [2.45, 2.75) is 45.1 Å². The molecule has 1 fully saturated rings. The third kappa shape index (κ3) is 4.09. The lowest BCUT2D eigenvalue weighted by Gasteiger charge is -2.31. The van der Waals surface area contributed by atoms with Gasteiger partial charge in [-0.2, -0.15) is 4.52 Å². The highest BCUT2D eigenvalue weighted by atomic mass is 32.1. The summed E-state index contributed by atoms with van der Waals surface area (Å²) in [7, 11) is 1.63. The van der Waals surface area contributed by atoms with Crippen LogP contribution < -0.4 is 20.5 Å². The summed E-state index contributed by atoms with van der Waals surface area (Å²) in [5.41, 5.74) is 2.73. The zero-order valence-corrected chi connectivity index (χ0v) is 19.0. The van der Waals surface area contributed by atoms with E-state index >= 15 is 0 Å². The lowest BCUT2D eigenvalue weighted by Crippen LogP contribution is -2.43. The molecule has 9 heteroatoms. The number of nitrogens with one attached hydrogen (secondary N) is 1. The second kappa shape index (κ2) is 8.90. The molecule has 0 saturated carbocycles. The lowest BCUT2D eigenvalue weighted by molar-refractivity contribution is -0.125. The van der Waals surface area contributed by atoms with Crippen molar-refractivity contribution in [2.75, 3.05) is 25.1 Å². The van der Waals surface area contributed by atoms with E-state index in [2.05, 4.69) is 15.3 Å². The fourth-order valence-electron chi connectivity index (χ4n) is 4.57. The van der Waals surface area contributed by atoms with Crippen LogP contribution in [0.4, 0.5) is 5.13 Å². The van der Waals surface area contributed by atoms with Gasteiger partial charge in [-0.3, -0.25) is 9.59 Å². The van der Waals surface area contributed by atoms with Gasteiger partial charge in [-0.05, 0) is 56.2 Å². The number of piperidine rings is 1. The Labute approximate surface area is 190 Å². The third-order valence-electron chi connectivity index (χ3n) is 6.33. The number of aromatic nitrogens is 3. The molecule has 0 radical (unpaired) electrons. The van der Waals surface area contributed by atoms with Crippen molar-refractivity contribution in [3.05, 3.63) is 51.4 Å². The SMILES string of the molecule is COc1cccc(CNC(=O)[C@@H]2CCCN(c3nn4c(=O)c5c(nc4s3)CCCC5)C2)c1. The minimum absolute atomic E-state index is 0.0307. The van der Waals surface area contributed by atoms with Crippen molar-refractivity contribution in [2.24, 2.45) is 5.92 Å². The van der Waals surface area contributed by atoms with Crippen LogP contribution in [-0.4, -0.2) is 40.7 Å². The van der Waals surface area contributed by atoms with E-state index in [4.69, 9.17) is 9.72 Å². The van der Waals surface area contributed by atoms with Crippen molar-refractivity contribution >= 4 is 27.3 Å². The first-order valence-electron chi connectivity index (χ1n) is 11.2. The molecule has 1 atom stereocenters. The van der Waals surface area contributed by atoms with Gasteiger partial charge < -0.3 is 15.0 Å². The number of carbonyl (C=O) groups is 1. The number of rotatable bonds is 5. The van der Waals surface area contributed by atoms with Gasteiger partial charge in [-0.25, -0.2) is 4.98 Å². The highest BCUT2D eigenvalue weighted by Crippen LogP contribution is 2.28. The summed E-state index contributed by atoms with van der Waals surface area (Å²) in [4.78, 5) is 33.2. The highest BCUT2D eigenvalue weighted by Gasteiger charge is 2.28. The maximum atomic E-state index is 12.9. The monoisotopic (exact) mass is 453 g/mol. The number of aryl methyl sites for hydroxylation is 1. The van der Waals surface area contributed by atoms with Gasteiger partial charge in [0.1, 0.15) is 5.75 Å². The lowest BCUT2D eigenvalue weighted by atomic mass is 9.97. The number of fused-ring (bicyclic) bond motifs is 2. The van der Waals surface area contributed by atoms with Gasteiger partial charge in [0.25, 0.3) is 5.56 Å². The van der Waals surface area contributed by atoms with Crippen LogP contribution in [0.2, 0.25) is 0 Å². The predicted molar refractivity (Wildman–Crippen MR) is 124 cm³/mol. The molecule has 2 aromatic heterocycles. The summed E-state index contributed by atoms with van der Waals surface area (Å²) in [6.45, 7) is 1.89. The molecule has 3 heterocycles. The van der Waals surface area contributed by atoms with Crippen molar-refractivity contribution in [1.82, 2.24) is 19.9 Å². The molecule has 0 unspecified atom stereocenters. The summed E-state index contributed by atoms with van der Waals surface area (Å²) in [6, 6.07) is 7.71. The topological polar surface area (TPSA) is 88.8 Å². The van der Waals surface area contributed by atoms with E-state index in [1.165, 1.54) is 15.9 Å². The first-order valence-corrected chi connectivity index (χ1v) is 12.0. The Balaban J connectivity index is 1.29. The molecule has 0 spiro atoms. The molecule has 1 aliphatic heterocycles. The van der Waals surface area contributed by atoms with E-state index in [0.29, 0.717) is 18.1 Å². The number of anilines is 1. The minimum atomic E-state index is -0.112. The van der Waals surface area contributed by atoms with Gasteiger partial charge in [-0.15, -0.1) is 5.10 Å². The van der Waals surface area contributed by atoms with E-state index < -0.39 is 0 Å². The molecular weight excluding hydrogens is 426 g/mol. The molecular formula is C23H27N5O3S. The quantitative estimate of drug-likeness (QED) is 0.639. The van der Waals surface area contributed by atoms with Crippen LogP contribution in [0.25, 0.3) is 4.96 Å². The largest absolute Gasteiger partial charge is 0.497 e. The van der Waals surface area contributed by atoms with E-state index in [1.54, 1.807) is 7.11 Å². The van der Waals surface area contributed by atoms with E-state index in [0.717, 1.165) is 72.8 Å². The number of ether oxygens (including phenoxy) is 1. The maximum absolute atomic E-state index is 12.9. The Hall–Kier alpha value is -2.94. The number of amides is 1. The zero-order chi connectivity index (χ0) is 22.1. The molecule has 3 aromatic rings. The smallest absolute Gasteiger partial charge is 0.278 e. The van der Waals surface area contributed by atoms with Crippen molar-refractivity contribution < 1.29 is 9.53 Å². The van der Waals surface area contributed by atoms with E-state index in [-0.39, 0.29) is 17.4 Å². The number of hydrogen-bond acceptors (Lipinski definition) is 7. The van der Waals surface area contributed by atoms with Crippen molar-refractivity contribution in [1.29, 1.82) is 0 Å². The van der Waals surface area contributed by atoms with Gasteiger partial charge in [0, 0.05) is 25.2 Å². The number of carbonyl (C=O) groups excluding carboxylic acids is 1. The normalized spacial score (nSPS) is 18.4. The standard InChI is InChI=1S/C23H27N5O3S/c1-31-17-8-4-6-15(12-17)13-24-20(29)16-7-5-11-27(14-16)23-26-28-21(30)18-9-2-3-10-19(18)25-22(28)32-23/h4,6,8,12,16H,2-3,5,7,9-11,13-14H2,1H3,(H,24,29)/t16-/m1/s1. The zero-order valence-electron chi connectivity index (χ0n) is 18.2. The molecule has 168 valence electrons. The third-order valence-corrected chi connectivity index (χ3v) is 7.30. The predicted octanol–water partition coefficient (Wildman–Crippen LogP) is 2.57. The summed E-state index contributed by atoms with van der Waals surface area (Å²) in [5, 5.41) is 8.42. The average Bonchev–Trinajstić information content (AvgIpc) is 3.27.